The highest BCUT2D eigenvalue weighted by molar-refractivity contribution is 6.03. The first-order valence-electron chi connectivity index (χ1n) is 4.67. The zero-order valence-corrected chi connectivity index (χ0v) is 8.70. The number of allylic oxidation sites excluding steroid dienone is 1. The van der Waals surface area contributed by atoms with Gasteiger partial charge in [-0.1, -0.05) is 12.1 Å². The van der Waals surface area contributed by atoms with Crippen LogP contribution in [-0.2, 0) is 9.59 Å². The number of nitrogens with zero attached hydrogens (tertiary/aromatic N) is 1. The maximum Gasteiger partial charge on any atom is 0.311 e. The number of nitro benzene ring substituents is 1. The highest BCUT2D eigenvalue weighted by atomic mass is 16.6. The van der Waals surface area contributed by atoms with Crippen molar-refractivity contribution in [1.29, 1.82) is 0 Å². The van der Waals surface area contributed by atoms with Crippen molar-refractivity contribution in [3.05, 3.63) is 46.0 Å². The monoisotopic (exact) mass is 235 g/mol. The van der Waals surface area contributed by atoms with Gasteiger partial charge in [0.1, 0.15) is 6.42 Å². The molecule has 0 aliphatic rings. The molecular weight excluding hydrogens is 226 g/mol. The Hall–Kier alpha value is -2.50. The number of hydrogen-bond acceptors (Lipinski definition) is 4. The van der Waals surface area contributed by atoms with E-state index in [0.717, 1.165) is 6.08 Å². The summed E-state index contributed by atoms with van der Waals surface area (Å²) in [5.74, 6) is -1.85. The van der Waals surface area contributed by atoms with Crippen LogP contribution in [0, 0.1) is 10.1 Å². The Kier molecular flexibility index (Phi) is 4.10. The van der Waals surface area contributed by atoms with Gasteiger partial charge in [0.15, 0.2) is 5.78 Å². The fourth-order valence-electron chi connectivity index (χ4n) is 1.19. The molecule has 0 atom stereocenters. The quantitative estimate of drug-likeness (QED) is 0.362. The fraction of sp³-hybridized carbons (Fsp3) is 0.0909. The van der Waals surface area contributed by atoms with Crippen molar-refractivity contribution >= 4 is 23.5 Å². The van der Waals surface area contributed by atoms with Gasteiger partial charge in [0, 0.05) is 6.07 Å². The molecule has 1 rings (SSSR count). The molecule has 0 aliphatic heterocycles. The van der Waals surface area contributed by atoms with Gasteiger partial charge >= 0.3 is 5.97 Å². The highest BCUT2D eigenvalue weighted by Crippen LogP contribution is 2.18. The number of para-hydroxylation sites is 1. The molecule has 0 radical (unpaired) electrons. The standard InChI is InChI=1S/C11H9NO5/c13-9(7-11(14)15)6-5-8-3-1-2-4-10(8)12(16)17/h1-6H,7H2,(H,14,15)/b6-5-. The van der Waals surface area contributed by atoms with E-state index >= 15 is 0 Å². The minimum absolute atomic E-state index is 0.133. The Balaban J connectivity index is 2.88. The van der Waals surface area contributed by atoms with Crippen LogP contribution in [0.5, 0.6) is 0 Å². The first kappa shape index (κ1) is 12.6. The van der Waals surface area contributed by atoms with Crippen LogP contribution >= 0.6 is 0 Å². The number of aliphatic carboxylic acids is 1. The number of hydrogen-bond donors (Lipinski definition) is 1. The van der Waals surface area contributed by atoms with E-state index in [-0.39, 0.29) is 11.3 Å². The average molecular weight is 235 g/mol. The lowest BCUT2D eigenvalue weighted by atomic mass is 10.1. The number of benzene rings is 1. The largest absolute Gasteiger partial charge is 0.481 e. The summed E-state index contributed by atoms with van der Waals surface area (Å²) < 4.78 is 0. The van der Waals surface area contributed by atoms with Crippen molar-refractivity contribution in [1.82, 2.24) is 0 Å². The second-order valence-electron chi connectivity index (χ2n) is 3.19. The van der Waals surface area contributed by atoms with E-state index in [1.54, 1.807) is 6.07 Å². The maximum absolute atomic E-state index is 11.1. The Bertz CT molecular complexity index is 492. The minimum Gasteiger partial charge on any atom is -0.481 e. The molecule has 1 N–H and O–H groups in total. The van der Waals surface area contributed by atoms with Gasteiger partial charge in [-0.3, -0.25) is 19.7 Å². The predicted octanol–water partition coefficient (Wildman–Crippen LogP) is 1.65. The summed E-state index contributed by atoms with van der Waals surface area (Å²) in [5, 5.41) is 19.0. The first-order valence-corrected chi connectivity index (χ1v) is 4.67. The third-order valence-corrected chi connectivity index (χ3v) is 1.91. The van der Waals surface area contributed by atoms with Crippen LogP contribution in [0.15, 0.2) is 30.3 Å². The second-order valence-corrected chi connectivity index (χ2v) is 3.19. The summed E-state index contributed by atoms with van der Waals surface area (Å²) in [7, 11) is 0. The number of ketones is 1. The zero-order chi connectivity index (χ0) is 12.8. The van der Waals surface area contributed by atoms with Gasteiger partial charge in [0.05, 0.1) is 10.5 Å². The van der Waals surface area contributed by atoms with Crippen molar-refractivity contribution in [2.24, 2.45) is 0 Å². The van der Waals surface area contributed by atoms with E-state index in [1.165, 1.54) is 24.3 Å². The van der Waals surface area contributed by atoms with E-state index in [2.05, 4.69) is 0 Å². The van der Waals surface area contributed by atoms with Gasteiger partial charge in [-0.15, -0.1) is 0 Å². The van der Waals surface area contributed by atoms with Crippen LogP contribution in [0.3, 0.4) is 0 Å². The molecule has 1 aromatic rings. The summed E-state index contributed by atoms with van der Waals surface area (Å²) in [4.78, 5) is 31.4. The lowest BCUT2D eigenvalue weighted by molar-refractivity contribution is -0.385. The molecule has 0 unspecified atom stereocenters. The van der Waals surface area contributed by atoms with E-state index in [9.17, 15) is 19.7 Å². The van der Waals surface area contributed by atoms with Gasteiger partial charge in [-0.25, -0.2) is 0 Å². The zero-order valence-electron chi connectivity index (χ0n) is 8.70. The average Bonchev–Trinajstić information content (AvgIpc) is 2.25. The van der Waals surface area contributed by atoms with Crippen molar-refractivity contribution in [3.8, 4) is 0 Å². The predicted molar refractivity (Wildman–Crippen MR) is 59.4 cm³/mol. The van der Waals surface area contributed by atoms with Crippen molar-refractivity contribution in [2.45, 2.75) is 6.42 Å². The summed E-state index contributed by atoms with van der Waals surface area (Å²) in [6.07, 6.45) is 1.64. The minimum atomic E-state index is -1.23. The molecule has 0 saturated heterocycles. The second kappa shape index (κ2) is 5.55. The molecule has 6 heteroatoms. The third kappa shape index (κ3) is 3.86. The first-order chi connectivity index (χ1) is 8.00. The maximum atomic E-state index is 11.1. The van der Waals surface area contributed by atoms with Crippen LogP contribution in [0.4, 0.5) is 5.69 Å². The van der Waals surface area contributed by atoms with Gasteiger partial charge in [0.25, 0.3) is 5.69 Å². The number of nitro groups is 1. The molecule has 6 nitrogen and oxygen atoms in total. The summed E-state index contributed by atoms with van der Waals surface area (Å²) in [5.41, 5.74) is 0.128. The lowest BCUT2D eigenvalue weighted by Crippen LogP contribution is -2.03. The molecule has 0 bridgehead atoms. The van der Waals surface area contributed by atoms with Crippen LogP contribution in [-0.4, -0.2) is 21.8 Å². The normalized spacial score (nSPS) is 10.4. The molecule has 0 amide bonds. The topological polar surface area (TPSA) is 97.5 Å². The van der Waals surface area contributed by atoms with Gasteiger partial charge in [-0.2, -0.15) is 0 Å². The SMILES string of the molecule is O=C(O)CC(=O)/C=C\c1ccccc1[N+](=O)[O-]. The molecular formula is C11H9NO5. The smallest absolute Gasteiger partial charge is 0.311 e. The van der Waals surface area contributed by atoms with Gasteiger partial charge in [0.2, 0.25) is 0 Å². The Morgan fingerprint density at radius 3 is 2.59 bits per heavy atom. The summed E-state index contributed by atoms with van der Waals surface area (Å²) in [6.45, 7) is 0. The van der Waals surface area contributed by atoms with Crippen molar-refractivity contribution in [2.75, 3.05) is 0 Å². The molecule has 88 valence electrons. The van der Waals surface area contributed by atoms with Gasteiger partial charge < -0.3 is 5.11 Å². The molecule has 1 aromatic carbocycles. The van der Waals surface area contributed by atoms with E-state index in [0.29, 0.717) is 0 Å². The third-order valence-electron chi connectivity index (χ3n) is 1.91. The van der Waals surface area contributed by atoms with Crippen molar-refractivity contribution < 1.29 is 19.6 Å². The Morgan fingerprint density at radius 2 is 2.00 bits per heavy atom. The number of carbonyl (C=O) groups is 2. The van der Waals surface area contributed by atoms with Crippen molar-refractivity contribution in [3.63, 3.8) is 0 Å². The van der Waals surface area contributed by atoms with Gasteiger partial charge in [-0.05, 0) is 18.2 Å². The number of rotatable bonds is 5. The molecule has 0 spiro atoms. The van der Waals surface area contributed by atoms with Crippen LogP contribution in [0.25, 0.3) is 6.08 Å². The molecule has 0 saturated carbocycles. The molecule has 0 aromatic heterocycles. The molecule has 0 heterocycles. The number of carbonyl (C=O) groups excluding carboxylic acids is 1. The van der Waals surface area contributed by atoms with E-state index < -0.39 is 23.1 Å². The Labute approximate surface area is 96.3 Å². The van der Waals surface area contributed by atoms with E-state index in [4.69, 9.17) is 5.11 Å². The Morgan fingerprint density at radius 1 is 1.35 bits per heavy atom. The molecule has 17 heavy (non-hydrogen) atoms. The van der Waals surface area contributed by atoms with Crippen LogP contribution < -0.4 is 0 Å². The lowest BCUT2D eigenvalue weighted by Gasteiger charge is -1.95. The van der Waals surface area contributed by atoms with Crippen LogP contribution in [0.2, 0.25) is 0 Å². The summed E-state index contributed by atoms with van der Waals surface area (Å²) in [6, 6.07) is 5.88. The fourth-order valence-corrected chi connectivity index (χ4v) is 1.19. The number of carboxylic acids is 1. The molecule has 0 fully saturated rings. The van der Waals surface area contributed by atoms with E-state index in [1.807, 2.05) is 0 Å². The molecule has 0 aliphatic carbocycles. The van der Waals surface area contributed by atoms with Crippen LogP contribution in [0.1, 0.15) is 12.0 Å². The number of carboxylic acid groups (broad SMARTS) is 1. The highest BCUT2D eigenvalue weighted by Gasteiger charge is 2.10. The summed E-state index contributed by atoms with van der Waals surface area (Å²) >= 11 is 0.